The fourth-order valence-corrected chi connectivity index (χ4v) is 3.24. The summed E-state index contributed by atoms with van der Waals surface area (Å²) in [6.45, 7) is 8.46. The number of halogens is 1. The van der Waals surface area contributed by atoms with E-state index in [2.05, 4.69) is 24.3 Å². The molecular formula is C19H27FN4O. The number of hydrogen-bond acceptors (Lipinski definition) is 4. The highest BCUT2D eigenvalue weighted by Crippen LogP contribution is 2.22. The minimum absolute atomic E-state index is 0.162. The molecule has 2 heterocycles. The van der Waals surface area contributed by atoms with Crippen molar-refractivity contribution >= 4 is 5.69 Å². The van der Waals surface area contributed by atoms with Gasteiger partial charge < -0.3 is 15.0 Å². The Bertz CT molecular complexity index is 707. The van der Waals surface area contributed by atoms with Crippen molar-refractivity contribution in [1.82, 2.24) is 15.1 Å². The van der Waals surface area contributed by atoms with E-state index in [4.69, 9.17) is 4.74 Å². The quantitative estimate of drug-likeness (QED) is 0.873. The maximum Gasteiger partial charge on any atom is 0.146 e. The van der Waals surface area contributed by atoms with Crippen LogP contribution in [0, 0.1) is 5.82 Å². The number of morpholine rings is 1. The first kappa shape index (κ1) is 17.9. The molecule has 0 bridgehead atoms. The van der Waals surface area contributed by atoms with E-state index in [0.29, 0.717) is 31.4 Å². The molecule has 136 valence electrons. The van der Waals surface area contributed by atoms with Gasteiger partial charge in [0.05, 0.1) is 24.6 Å². The van der Waals surface area contributed by atoms with Crippen LogP contribution in [0.3, 0.4) is 0 Å². The Balaban J connectivity index is 1.59. The second-order valence-electron chi connectivity index (χ2n) is 6.86. The molecule has 1 N–H and O–H groups in total. The van der Waals surface area contributed by atoms with Crippen molar-refractivity contribution in [2.75, 3.05) is 31.2 Å². The van der Waals surface area contributed by atoms with Crippen molar-refractivity contribution in [2.45, 2.75) is 32.9 Å². The van der Waals surface area contributed by atoms with Gasteiger partial charge in [-0.2, -0.15) is 5.10 Å². The summed E-state index contributed by atoms with van der Waals surface area (Å²) in [7, 11) is 1.94. The largest absolute Gasteiger partial charge is 0.378 e. The predicted molar refractivity (Wildman–Crippen MR) is 97.3 cm³/mol. The molecular weight excluding hydrogens is 319 g/mol. The Labute approximate surface area is 148 Å². The molecule has 25 heavy (non-hydrogen) atoms. The molecule has 1 fully saturated rings. The van der Waals surface area contributed by atoms with Gasteiger partial charge in [-0.15, -0.1) is 0 Å². The highest BCUT2D eigenvalue weighted by Gasteiger charge is 2.15. The molecule has 6 heteroatoms. The number of rotatable bonds is 6. The van der Waals surface area contributed by atoms with Crippen molar-refractivity contribution < 1.29 is 9.13 Å². The van der Waals surface area contributed by atoms with E-state index in [9.17, 15) is 4.39 Å². The van der Waals surface area contributed by atoms with E-state index >= 15 is 0 Å². The van der Waals surface area contributed by atoms with Crippen molar-refractivity contribution in [2.24, 2.45) is 7.05 Å². The van der Waals surface area contributed by atoms with Crippen molar-refractivity contribution in [3.63, 3.8) is 0 Å². The fraction of sp³-hybridized carbons (Fsp3) is 0.526. The summed E-state index contributed by atoms with van der Waals surface area (Å²) in [5, 5.41) is 7.91. The Morgan fingerprint density at radius 1 is 1.24 bits per heavy atom. The van der Waals surface area contributed by atoms with E-state index in [1.54, 1.807) is 6.07 Å². The van der Waals surface area contributed by atoms with E-state index < -0.39 is 0 Å². The van der Waals surface area contributed by atoms with Crippen LogP contribution in [0.25, 0.3) is 0 Å². The topological polar surface area (TPSA) is 42.3 Å². The molecule has 0 atom stereocenters. The number of hydrogen-bond donors (Lipinski definition) is 1. The first-order valence-corrected chi connectivity index (χ1v) is 8.89. The van der Waals surface area contributed by atoms with Crippen molar-refractivity contribution in [1.29, 1.82) is 0 Å². The Morgan fingerprint density at radius 2 is 2.00 bits per heavy atom. The van der Waals surface area contributed by atoms with Gasteiger partial charge in [-0.3, -0.25) is 4.68 Å². The minimum atomic E-state index is -0.162. The van der Waals surface area contributed by atoms with Gasteiger partial charge in [-0.25, -0.2) is 4.39 Å². The highest BCUT2D eigenvalue weighted by atomic mass is 19.1. The standard InChI is InChI=1S/C19H27FN4O/c1-14(2)19-16(13-23(3)22-19)12-21-11-15-4-5-18(17(20)10-15)24-6-8-25-9-7-24/h4-5,10,13-14,21H,6-9,11-12H2,1-3H3. The molecule has 0 amide bonds. The number of ether oxygens (including phenoxy) is 1. The smallest absolute Gasteiger partial charge is 0.146 e. The average molecular weight is 346 g/mol. The summed E-state index contributed by atoms with van der Waals surface area (Å²) in [4.78, 5) is 2.04. The van der Waals surface area contributed by atoms with E-state index in [1.807, 2.05) is 35.0 Å². The van der Waals surface area contributed by atoms with Gasteiger partial charge >= 0.3 is 0 Å². The summed E-state index contributed by atoms with van der Waals surface area (Å²) >= 11 is 0. The molecule has 0 aliphatic carbocycles. The number of aryl methyl sites for hydroxylation is 1. The molecule has 0 saturated carbocycles. The third-order valence-corrected chi connectivity index (χ3v) is 4.49. The molecule has 3 rings (SSSR count). The van der Waals surface area contributed by atoms with Crippen molar-refractivity contribution in [3.05, 3.63) is 47.0 Å². The van der Waals surface area contributed by atoms with Gasteiger partial charge in [0.25, 0.3) is 0 Å². The van der Waals surface area contributed by atoms with E-state index in [0.717, 1.165) is 30.9 Å². The minimum Gasteiger partial charge on any atom is -0.378 e. The Kier molecular flexibility index (Phi) is 5.71. The van der Waals surface area contributed by atoms with Crippen LogP contribution in [0.5, 0.6) is 0 Å². The summed E-state index contributed by atoms with van der Waals surface area (Å²) < 4.78 is 21.6. The Morgan fingerprint density at radius 3 is 2.68 bits per heavy atom. The van der Waals surface area contributed by atoms with E-state index in [1.165, 1.54) is 5.56 Å². The first-order valence-electron chi connectivity index (χ1n) is 8.89. The average Bonchev–Trinajstić information content (AvgIpc) is 2.97. The van der Waals surface area contributed by atoms with Gasteiger partial charge in [0.2, 0.25) is 0 Å². The molecule has 1 aromatic heterocycles. The second-order valence-corrected chi connectivity index (χ2v) is 6.86. The van der Waals surface area contributed by atoms with Gasteiger partial charge in [-0.05, 0) is 23.6 Å². The van der Waals surface area contributed by atoms with Crippen LogP contribution in [-0.2, 0) is 24.9 Å². The normalized spacial score (nSPS) is 15.2. The van der Waals surface area contributed by atoms with Crippen LogP contribution >= 0.6 is 0 Å². The number of anilines is 1. The molecule has 0 spiro atoms. The molecule has 1 aromatic carbocycles. The monoisotopic (exact) mass is 346 g/mol. The third kappa shape index (κ3) is 4.38. The van der Waals surface area contributed by atoms with Crippen LogP contribution < -0.4 is 10.2 Å². The lowest BCUT2D eigenvalue weighted by Gasteiger charge is -2.29. The van der Waals surface area contributed by atoms with Crippen LogP contribution in [0.1, 0.15) is 36.6 Å². The number of benzene rings is 1. The maximum absolute atomic E-state index is 14.4. The maximum atomic E-state index is 14.4. The lowest BCUT2D eigenvalue weighted by atomic mass is 10.1. The molecule has 1 saturated heterocycles. The molecule has 0 unspecified atom stereocenters. The summed E-state index contributed by atoms with van der Waals surface area (Å²) in [6.07, 6.45) is 2.05. The highest BCUT2D eigenvalue weighted by molar-refractivity contribution is 5.49. The zero-order valence-corrected chi connectivity index (χ0v) is 15.3. The molecule has 2 aromatic rings. The third-order valence-electron chi connectivity index (χ3n) is 4.49. The summed E-state index contributed by atoms with van der Waals surface area (Å²) in [6, 6.07) is 5.50. The van der Waals surface area contributed by atoms with Crippen molar-refractivity contribution in [3.8, 4) is 0 Å². The fourth-order valence-electron chi connectivity index (χ4n) is 3.24. The van der Waals surface area contributed by atoms with Crippen LogP contribution in [0.15, 0.2) is 24.4 Å². The lowest BCUT2D eigenvalue weighted by Crippen LogP contribution is -2.36. The van der Waals surface area contributed by atoms with Crippen LogP contribution in [0.2, 0.25) is 0 Å². The summed E-state index contributed by atoms with van der Waals surface area (Å²) in [5.41, 5.74) is 3.93. The van der Waals surface area contributed by atoms with Crippen LogP contribution in [-0.4, -0.2) is 36.1 Å². The van der Waals surface area contributed by atoms with Gasteiger partial charge in [0, 0.05) is 45.0 Å². The lowest BCUT2D eigenvalue weighted by molar-refractivity contribution is 0.122. The van der Waals surface area contributed by atoms with Crippen LogP contribution in [0.4, 0.5) is 10.1 Å². The molecule has 1 aliphatic heterocycles. The number of nitrogens with one attached hydrogen (secondary N) is 1. The van der Waals surface area contributed by atoms with E-state index in [-0.39, 0.29) is 5.82 Å². The predicted octanol–water partition coefficient (Wildman–Crippen LogP) is 2.81. The molecule has 1 aliphatic rings. The van der Waals surface area contributed by atoms with Gasteiger partial charge in [0.15, 0.2) is 0 Å². The first-order chi connectivity index (χ1) is 12.0. The summed E-state index contributed by atoms with van der Waals surface area (Å²) in [5.74, 6) is 0.230. The van der Waals surface area contributed by atoms with Gasteiger partial charge in [-0.1, -0.05) is 19.9 Å². The number of aromatic nitrogens is 2. The Hall–Kier alpha value is -1.92. The molecule has 5 nitrogen and oxygen atoms in total. The second kappa shape index (κ2) is 7.97. The SMILES string of the molecule is CC(C)c1nn(C)cc1CNCc1ccc(N2CCOCC2)c(F)c1. The van der Waals surface area contributed by atoms with Gasteiger partial charge in [0.1, 0.15) is 5.82 Å². The molecule has 0 radical (unpaired) electrons. The zero-order valence-electron chi connectivity index (χ0n) is 15.3. The number of nitrogens with zero attached hydrogens (tertiary/aromatic N) is 3. The zero-order chi connectivity index (χ0) is 17.8.